The zero-order chi connectivity index (χ0) is 18.8. The Hall–Kier alpha value is -2.57. The number of quaternary nitrogens is 1. The van der Waals surface area contributed by atoms with Gasteiger partial charge in [-0.1, -0.05) is 0 Å². The van der Waals surface area contributed by atoms with Gasteiger partial charge in [0.05, 0.1) is 33.3 Å². The van der Waals surface area contributed by atoms with E-state index in [4.69, 9.17) is 4.74 Å². The lowest BCUT2D eigenvalue weighted by atomic mass is 10.1. The van der Waals surface area contributed by atoms with Crippen molar-refractivity contribution in [3.8, 4) is 5.75 Å². The van der Waals surface area contributed by atoms with Gasteiger partial charge in [-0.15, -0.1) is 0 Å². The van der Waals surface area contributed by atoms with Crippen molar-refractivity contribution in [1.29, 1.82) is 0 Å². The highest BCUT2D eigenvalue weighted by Gasteiger charge is 2.24. The van der Waals surface area contributed by atoms with Gasteiger partial charge in [0.15, 0.2) is 0 Å². The van der Waals surface area contributed by atoms with Crippen LogP contribution < -0.4 is 14.5 Å². The zero-order valence-electron chi connectivity index (χ0n) is 15.4. The maximum atomic E-state index is 13.1. The number of piperazine rings is 1. The van der Waals surface area contributed by atoms with Crippen LogP contribution >= 0.6 is 0 Å². The summed E-state index contributed by atoms with van der Waals surface area (Å²) in [4.78, 5) is 6.87. The van der Waals surface area contributed by atoms with E-state index in [1.165, 1.54) is 17.0 Å². The molecule has 1 atom stereocenters. The van der Waals surface area contributed by atoms with Gasteiger partial charge in [-0.2, -0.15) is 0 Å². The van der Waals surface area contributed by atoms with Crippen LogP contribution in [0.25, 0.3) is 10.9 Å². The first kappa shape index (κ1) is 17.8. The summed E-state index contributed by atoms with van der Waals surface area (Å²) in [5.41, 5.74) is 2.97. The lowest BCUT2D eigenvalue weighted by Gasteiger charge is -2.34. The smallest absolute Gasteiger partial charge is 0.130 e. The Balaban J connectivity index is 1.39. The first-order chi connectivity index (χ1) is 13.1. The van der Waals surface area contributed by atoms with Crippen LogP contribution in [0, 0.1) is 5.82 Å². The standard InChI is InChI=1S/C21H24FN3O2/c1-27-17-6-7-20-18(12-17)19(13-23-20)21(26)14-24-8-10-25(11-9-24)16-4-2-15(22)3-5-16/h2-7,12-13,21,23,26H,8-11,14H2,1H3/p+1/t21-/m1/s1. The fourth-order valence-corrected chi connectivity index (χ4v) is 3.84. The van der Waals surface area contributed by atoms with E-state index < -0.39 is 6.10 Å². The summed E-state index contributed by atoms with van der Waals surface area (Å²) in [6, 6.07) is 12.5. The number of benzene rings is 2. The van der Waals surface area contributed by atoms with E-state index in [0.29, 0.717) is 6.54 Å². The lowest BCUT2D eigenvalue weighted by molar-refractivity contribution is -0.904. The molecule has 2 heterocycles. The second-order valence-corrected chi connectivity index (χ2v) is 7.09. The van der Waals surface area contributed by atoms with Crippen LogP contribution in [0.5, 0.6) is 5.75 Å². The minimum absolute atomic E-state index is 0.207. The summed E-state index contributed by atoms with van der Waals surface area (Å²) < 4.78 is 18.4. The number of rotatable bonds is 5. The van der Waals surface area contributed by atoms with E-state index in [0.717, 1.165) is 54.1 Å². The Labute approximate surface area is 158 Å². The van der Waals surface area contributed by atoms with E-state index in [1.807, 2.05) is 36.5 Å². The molecular weight excluding hydrogens is 345 g/mol. The number of fused-ring (bicyclic) bond motifs is 1. The van der Waals surface area contributed by atoms with Crippen LogP contribution in [0.2, 0.25) is 0 Å². The fraction of sp³-hybridized carbons (Fsp3) is 0.333. The first-order valence-electron chi connectivity index (χ1n) is 9.31. The maximum Gasteiger partial charge on any atom is 0.130 e. The minimum atomic E-state index is -0.529. The molecule has 5 nitrogen and oxygen atoms in total. The van der Waals surface area contributed by atoms with Crippen LogP contribution in [-0.2, 0) is 0 Å². The van der Waals surface area contributed by atoms with Crippen molar-refractivity contribution in [2.45, 2.75) is 6.10 Å². The first-order valence-corrected chi connectivity index (χ1v) is 9.31. The highest BCUT2D eigenvalue weighted by Crippen LogP contribution is 2.27. The summed E-state index contributed by atoms with van der Waals surface area (Å²) in [6.45, 7) is 4.35. The van der Waals surface area contributed by atoms with Gasteiger partial charge >= 0.3 is 0 Å². The van der Waals surface area contributed by atoms with Crippen LogP contribution in [0.4, 0.5) is 10.1 Å². The number of H-pyrrole nitrogens is 1. The molecule has 1 fully saturated rings. The highest BCUT2D eigenvalue weighted by atomic mass is 19.1. The van der Waals surface area contributed by atoms with Crippen LogP contribution in [0.15, 0.2) is 48.7 Å². The molecule has 1 aliphatic rings. The van der Waals surface area contributed by atoms with Crippen molar-refractivity contribution in [3.05, 3.63) is 60.0 Å². The van der Waals surface area contributed by atoms with Crippen LogP contribution in [-0.4, -0.2) is 49.9 Å². The number of aliphatic hydroxyl groups is 1. The molecule has 1 aromatic heterocycles. The predicted octanol–water partition coefficient (Wildman–Crippen LogP) is 1.75. The van der Waals surface area contributed by atoms with Gasteiger partial charge in [0.2, 0.25) is 0 Å². The van der Waals surface area contributed by atoms with Gasteiger partial charge in [0.1, 0.15) is 24.2 Å². The topological polar surface area (TPSA) is 52.9 Å². The second kappa shape index (κ2) is 7.58. The van der Waals surface area contributed by atoms with E-state index >= 15 is 0 Å². The molecule has 3 N–H and O–H groups in total. The quantitative estimate of drug-likeness (QED) is 0.642. The van der Waals surface area contributed by atoms with Gasteiger partial charge in [0.25, 0.3) is 0 Å². The van der Waals surface area contributed by atoms with Gasteiger partial charge < -0.3 is 24.6 Å². The normalized spacial score (nSPS) is 16.6. The number of aliphatic hydroxyl groups excluding tert-OH is 1. The second-order valence-electron chi connectivity index (χ2n) is 7.09. The molecule has 1 aliphatic heterocycles. The molecular formula is C21H25FN3O2+. The van der Waals surface area contributed by atoms with Gasteiger partial charge in [-0.25, -0.2) is 4.39 Å². The number of hydrogen-bond acceptors (Lipinski definition) is 3. The molecule has 0 amide bonds. The number of aromatic amines is 1. The summed E-state index contributed by atoms with van der Waals surface area (Å²) >= 11 is 0. The van der Waals surface area contributed by atoms with Crippen molar-refractivity contribution >= 4 is 16.6 Å². The SMILES string of the molecule is COc1ccc2[nH]cc([C@H](O)C[NH+]3CCN(c4ccc(F)cc4)CC3)c2c1. The van der Waals surface area contributed by atoms with E-state index in [9.17, 15) is 9.50 Å². The largest absolute Gasteiger partial charge is 0.497 e. The molecule has 142 valence electrons. The number of hydrogen-bond donors (Lipinski definition) is 3. The Bertz CT molecular complexity index is 901. The predicted molar refractivity (Wildman–Crippen MR) is 104 cm³/mol. The molecule has 4 rings (SSSR count). The van der Waals surface area contributed by atoms with Crippen LogP contribution in [0.1, 0.15) is 11.7 Å². The molecule has 0 spiro atoms. The number of nitrogens with one attached hydrogen (secondary N) is 2. The van der Waals surface area contributed by atoms with Gasteiger partial charge in [-0.05, 0) is 42.5 Å². The Kier molecular flexibility index (Phi) is 5.01. The molecule has 6 heteroatoms. The molecule has 0 radical (unpaired) electrons. The number of anilines is 1. The molecule has 0 saturated carbocycles. The molecule has 2 aromatic carbocycles. The third-order valence-corrected chi connectivity index (χ3v) is 5.42. The Morgan fingerprint density at radius 3 is 2.63 bits per heavy atom. The van der Waals surface area contributed by atoms with Crippen molar-refractivity contribution in [3.63, 3.8) is 0 Å². The molecule has 1 saturated heterocycles. The monoisotopic (exact) mass is 370 g/mol. The van der Waals surface area contributed by atoms with Crippen molar-refractivity contribution in [2.24, 2.45) is 0 Å². The fourth-order valence-electron chi connectivity index (χ4n) is 3.84. The zero-order valence-corrected chi connectivity index (χ0v) is 15.4. The number of methoxy groups -OCH3 is 1. The number of nitrogens with zero attached hydrogens (tertiary/aromatic N) is 1. The third-order valence-electron chi connectivity index (χ3n) is 5.42. The molecule has 0 bridgehead atoms. The average molecular weight is 370 g/mol. The highest BCUT2D eigenvalue weighted by molar-refractivity contribution is 5.85. The summed E-state index contributed by atoms with van der Waals surface area (Å²) in [5.74, 6) is 0.581. The van der Waals surface area contributed by atoms with Gasteiger partial charge in [-0.3, -0.25) is 0 Å². The van der Waals surface area contributed by atoms with Gasteiger partial charge in [0, 0.05) is 28.4 Å². The van der Waals surface area contributed by atoms with E-state index in [2.05, 4.69) is 9.88 Å². The van der Waals surface area contributed by atoms with E-state index in [1.54, 1.807) is 7.11 Å². The van der Waals surface area contributed by atoms with Crippen molar-refractivity contribution in [2.75, 3.05) is 44.7 Å². The average Bonchev–Trinajstić information content (AvgIpc) is 3.12. The summed E-state index contributed by atoms with van der Waals surface area (Å²) in [6.07, 6.45) is 1.36. The maximum absolute atomic E-state index is 13.1. The Morgan fingerprint density at radius 2 is 1.93 bits per heavy atom. The van der Waals surface area contributed by atoms with Crippen molar-refractivity contribution in [1.82, 2.24) is 4.98 Å². The molecule has 27 heavy (non-hydrogen) atoms. The molecule has 3 aromatic rings. The summed E-state index contributed by atoms with van der Waals surface area (Å²) in [5, 5.41) is 11.8. The van der Waals surface area contributed by atoms with Crippen molar-refractivity contribution < 1.29 is 19.1 Å². The lowest BCUT2D eigenvalue weighted by Crippen LogP contribution is -3.15. The molecule has 0 aliphatic carbocycles. The number of ether oxygens (including phenoxy) is 1. The Morgan fingerprint density at radius 1 is 1.19 bits per heavy atom. The van der Waals surface area contributed by atoms with Crippen LogP contribution in [0.3, 0.4) is 0 Å². The van der Waals surface area contributed by atoms with E-state index in [-0.39, 0.29) is 5.82 Å². The minimum Gasteiger partial charge on any atom is -0.497 e. The summed E-state index contributed by atoms with van der Waals surface area (Å²) in [7, 11) is 1.65. The molecule has 0 unspecified atom stereocenters. The third kappa shape index (κ3) is 3.77. The number of aromatic nitrogens is 1. The number of halogens is 1.